The van der Waals surface area contributed by atoms with Gasteiger partial charge in [-0.05, 0) is 13.3 Å². The number of aromatic nitrogens is 2. The van der Waals surface area contributed by atoms with Gasteiger partial charge in [-0.1, -0.05) is 0 Å². The number of methoxy groups -OCH3 is 1. The second-order valence-electron chi connectivity index (χ2n) is 4.74. The molecule has 1 saturated heterocycles. The summed E-state index contributed by atoms with van der Waals surface area (Å²) in [5.74, 6) is -0.894. The van der Waals surface area contributed by atoms with Crippen molar-refractivity contribution in [3.05, 3.63) is 17.6 Å². The molecule has 1 aromatic rings. The molecule has 8 heteroatoms. The number of imide groups is 1. The van der Waals surface area contributed by atoms with E-state index in [1.807, 2.05) is 0 Å². The number of nitrogens with zero attached hydrogens (tertiary/aromatic N) is 3. The first-order valence-corrected chi connectivity index (χ1v) is 6.43. The van der Waals surface area contributed by atoms with Gasteiger partial charge in [0.2, 0.25) is 11.7 Å². The minimum Gasteiger partial charge on any atom is -0.463 e. The van der Waals surface area contributed by atoms with E-state index in [2.05, 4.69) is 20.0 Å². The highest BCUT2D eigenvalue weighted by Gasteiger charge is 2.32. The Morgan fingerprint density at radius 3 is 2.81 bits per heavy atom. The minimum absolute atomic E-state index is 0.0762. The van der Waals surface area contributed by atoms with Gasteiger partial charge in [0, 0.05) is 25.2 Å². The number of carbonyl (C=O) groups excluding carboxylic acids is 3. The average molecular weight is 292 g/mol. The number of nitrogens with one attached hydrogen (secondary N) is 1. The van der Waals surface area contributed by atoms with Crippen LogP contribution in [-0.4, -0.2) is 52.9 Å². The van der Waals surface area contributed by atoms with Crippen LogP contribution in [-0.2, 0) is 14.3 Å². The van der Waals surface area contributed by atoms with Crippen molar-refractivity contribution in [2.75, 3.05) is 19.5 Å². The summed E-state index contributed by atoms with van der Waals surface area (Å²) >= 11 is 0. The quantitative estimate of drug-likeness (QED) is 0.624. The molecule has 1 atom stereocenters. The monoisotopic (exact) mass is 292 g/mol. The Morgan fingerprint density at radius 1 is 1.43 bits per heavy atom. The summed E-state index contributed by atoms with van der Waals surface area (Å²) in [5.41, 5.74) is 0.570. The third kappa shape index (κ3) is 3.15. The molecule has 112 valence electrons. The molecule has 0 spiro atoms. The van der Waals surface area contributed by atoms with Crippen LogP contribution < -0.4 is 5.32 Å². The number of anilines is 1. The number of piperidine rings is 1. The summed E-state index contributed by atoms with van der Waals surface area (Å²) in [4.78, 5) is 44.0. The van der Waals surface area contributed by atoms with E-state index >= 15 is 0 Å². The highest BCUT2D eigenvalue weighted by Crippen LogP contribution is 2.16. The molecule has 0 aromatic carbocycles. The van der Waals surface area contributed by atoms with Crippen molar-refractivity contribution in [2.24, 2.45) is 0 Å². The lowest BCUT2D eigenvalue weighted by Crippen LogP contribution is -2.48. The van der Waals surface area contributed by atoms with Crippen LogP contribution in [0.2, 0.25) is 0 Å². The fourth-order valence-electron chi connectivity index (χ4n) is 2.05. The summed E-state index contributed by atoms with van der Waals surface area (Å²) in [6, 6.07) is 1.07. The second-order valence-corrected chi connectivity index (χ2v) is 4.74. The van der Waals surface area contributed by atoms with E-state index in [0.29, 0.717) is 17.9 Å². The molecule has 0 bridgehead atoms. The van der Waals surface area contributed by atoms with Gasteiger partial charge in [-0.3, -0.25) is 14.5 Å². The lowest BCUT2D eigenvalue weighted by atomic mass is 10.0. The van der Waals surface area contributed by atoms with E-state index in [9.17, 15) is 14.4 Å². The van der Waals surface area contributed by atoms with Gasteiger partial charge in [0.1, 0.15) is 11.9 Å². The SMILES string of the molecule is COC(=O)c1nc(C)cc(NC2CCC(=O)N(C)C2=O)n1. The topological polar surface area (TPSA) is 101 Å². The van der Waals surface area contributed by atoms with Gasteiger partial charge in [0.25, 0.3) is 5.91 Å². The first-order valence-electron chi connectivity index (χ1n) is 6.43. The molecule has 8 nitrogen and oxygen atoms in total. The van der Waals surface area contributed by atoms with Crippen molar-refractivity contribution >= 4 is 23.6 Å². The van der Waals surface area contributed by atoms with E-state index in [4.69, 9.17) is 0 Å². The summed E-state index contributed by atoms with van der Waals surface area (Å²) in [6.07, 6.45) is 0.673. The van der Waals surface area contributed by atoms with E-state index in [0.717, 1.165) is 4.90 Å². The van der Waals surface area contributed by atoms with Crippen LogP contribution in [0.15, 0.2) is 6.07 Å². The van der Waals surface area contributed by atoms with Gasteiger partial charge >= 0.3 is 5.97 Å². The average Bonchev–Trinajstić information content (AvgIpc) is 2.46. The van der Waals surface area contributed by atoms with Crippen LogP contribution >= 0.6 is 0 Å². The molecule has 2 heterocycles. The van der Waals surface area contributed by atoms with Gasteiger partial charge < -0.3 is 10.1 Å². The number of aryl methyl sites for hydroxylation is 1. The van der Waals surface area contributed by atoms with Crippen molar-refractivity contribution in [3.8, 4) is 0 Å². The lowest BCUT2D eigenvalue weighted by Gasteiger charge is -2.28. The second kappa shape index (κ2) is 5.86. The normalized spacial score (nSPS) is 18.6. The third-order valence-corrected chi connectivity index (χ3v) is 3.19. The smallest absolute Gasteiger partial charge is 0.376 e. The predicted octanol–water partition coefficient (Wildman–Crippen LogP) is 0.131. The van der Waals surface area contributed by atoms with E-state index in [-0.39, 0.29) is 24.1 Å². The number of hydrogen-bond donors (Lipinski definition) is 1. The van der Waals surface area contributed by atoms with E-state index in [1.54, 1.807) is 13.0 Å². The number of amides is 2. The summed E-state index contributed by atoms with van der Waals surface area (Å²) in [6.45, 7) is 1.71. The highest BCUT2D eigenvalue weighted by molar-refractivity contribution is 6.01. The summed E-state index contributed by atoms with van der Waals surface area (Å²) in [5, 5.41) is 2.94. The zero-order valence-electron chi connectivity index (χ0n) is 12.0. The van der Waals surface area contributed by atoms with Crippen LogP contribution in [0, 0.1) is 6.92 Å². The molecule has 1 aromatic heterocycles. The molecule has 2 rings (SSSR count). The first-order chi connectivity index (χ1) is 9.92. The van der Waals surface area contributed by atoms with Crippen LogP contribution in [0.1, 0.15) is 29.2 Å². The summed E-state index contributed by atoms with van der Waals surface area (Å²) < 4.78 is 4.58. The van der Waals surface area contributed by atoms with Crippen LogP contribution in [0.3, 0.4) is 0 Å². The van der Waals surface area contributed by atoms with Crippen LogP contribution in [0.4, 0.5) is 5.82 Å². The van der Waals surface area contributed by atoms with Gasteiger partial charge in [0.05, 0.1) is 7.11 Å². The molecule has 1 aliphatic rings. The maximum atomic E-state index is 12.0. The molecule has 1 unspecified atom stereocenters. The Balaban J connectivity index is 2.20. The van der Waals surface area contributed by atoms with Gasteiger partial charge in [-0.15, -0.1) is 0 Å². The first kappa shape index (κ1) is 14.9. The number of likely N-dealkylation sites (tertiary alicyclic amines) is 1. The van der Waals surface area contributed by atoms with Crippen molar-refractivity contribution < 1.29 is 19.1 Å². The van der Waals surface area contributed by atoms with Crippen molar-refractivity contribution in [1.82, 2.24) is 14.9 Å². The zero-order valence-corrected chi connectivity index (χ0v) is 12.0. The zero-order chi connectivity index (χ0) is 15.6. The standard InChI is InChI=1S/C13H16N4O4/c1-7-6-9(16-11(14-7)13(20)21-3)15-8-4-5-10(18)17(2)12(8)19/h6,8H,4-5H2,1-3H3,(H,14,15,16). The lowest BCUT2D eigenvalue weighted by molar-refractivity contribution is -0.146. The van der Waals surface area contributed by atoms with Gasteiger partial charge in [-0.25, -0.2) is 14.8 Å². The van der Waals surface area contributed by atoms with Crippen molar-refractivity contribution in [1.29, 1.82) is 0 Å². The minimum atomic E-state index is -0.649. The Labute approximate surface area is 121 Å². The Kier molecular flexibility index (Phi) is 4.15. The van der Waals surface area contributed by atoms with Crippen LogP contribution in [0.5, 0.6) is 0 Å². The van der Waals surface area contributed by atoms with Gasteiger partial charge in [-0.2, -0.15) is 0 Å². The maximum Gasteiger partial charge on any atom is 0.376 e. The molecule has 1 fully saturated rings. The van der Waals surface area contributed by atoms with Gasteiger partial charge in [0.15, 0.2) is 0 Å². The number of esters is 1. The number of hydrogen-bond acceptors (Lipinski definition) is 7. The molecular formula is C13H16N4O4. The van der Waals surface area contributed by atoms with E-state index < -0.39 is 12.0 Å². The Morgan fingerprint density at radius 2 is 2.14 bits per heavy atom. The number of ether oxygens (including phenoxy) is 1. The van der Waals surface area contributed by atoms with Crippen molar-refractivity contribution in [3.63, 3.8) is 0 Å². The van der Waals surface area contributed by atoms with E-state index in [1.165, 1.54) is 14.2 Å². The largest absolute Gasteiger partial charge is 0.463 e. The molecule has 0 saturated carbocycles. The van der Waals surface area contributed by atoms with Crippen LogP contribution in [0.25, 0.3) is 0 Å². The number of rotatable bonds is 3. The molecule has 2 amide bonds. The number of likely N-dealkylation sites (N-methyl/N-ethyl adjacent to an activating group) is 1. The van der Waals surface area contributed by atoms with Crippen molar-refractivity contribution in [2.45, 2.75) is 25.8 Å². The Bertz CT molecular complexity index is 602. The number of carbonyl (C=O) groups is 3. The Hall–Kier alpha value is -2.51. The molecule has 0 aliphatic carbocycles. The molecule has 1 N–H and O–H groups in total. The molecule has 0 radical (unpaired) electrons. The maximum absolute atomic E-state index is 12.0. The highest BCUT2D eigenvalue weighted by atomic mass is 16.5. The fraction of sp³-hybridized carbons (Fsp3) is 0.462. The molecular weight excluding hydrogens is 276 g/mol. The molecule has 21 heavy (non-hydrogen) atoms. The predicted molar refractivity (Wildman–Crippen MR) is 72.5 cm³/mol. The summed E-state index contributed by atoms with van der Waals surface area (Å²) in [7, 11) is 2.69. The molecule has 1 aliphatic heterocycles. The fourth-order valence-corrected chi connectivity index (χ4v) is 2.05. The third-order valence-electron chi connectivity index (χ3n) is 3.19.